The van der Waals surface area contributed by atoms with Crippen LogP contribution in [0.25, 0.3) is 0 Å². The number of allylic oxidation sites excluding steroid dienone is 2. The molecular weight excluding hydrogens is 841 g/mol. The summed E-state index contributed by atoms with van der Waals surface area (Å²) < 4.78 is 18.3. The Morgan fingerprint density at radius 2 is 1.35 bits per heavy atom. The molecule has 62 heavy (non-hydrogen) atoms. The molecule has 1 saturated heterocycles. The van der Waals surface area contributed by atoms with Crippen molar-refractivity contribution in [2.75, 3.05) is 0 Å². The number of carbonyl (C=O) groups is 4. The Morgan fingerprint density at radius 3 is 1.94 bits per heavy atom. The van der Waals surface area contributed by atoms with E-state index in [0.717, 1.165) is 31.3 Å². The molecule has 0 spiro atoms. The predicted molar refractivity (Wildman–Crippen MR) is 198 cm³/mol. The van der Waals surface area contributed by atoms with Gasteiger partial charge in [-0.3, -0.25) is 4.79 Å². The smallest absolute Gasteiger partial charge is 0.550 e. The summed E-state index contributed by atoms with van der Waals surface area (Å²) in [6.07, 6.45) is -10.1. The fourth-order valence-corrected chi connectivity index (χ4v) is 13.8. The summed E-state index contributed by atoms with van der Waals surface area (Å²) in [5.74, 6) is -6.71. The Morgan fingerprint density at radius 1 is 0.742 bits per heavy atom. The second kappa shape index (κ2) is 19.5. The van der Waals surface area contributed by atoms with Gasteiger partial charge in [0.15, 0.2) is 12.1 Å². The van der Waals surface area contributed by atoms with Crippen molar-refractivity contribution in [2.45, 2.75) is 174 Å². The number of carboxylic acids is 3. The van der Waals surface area contributed by atoms with Crippen LogP contribution in [0.15, 0.2) is 11.6 Å². The zero-order chi connectivity index (χ0) is 42.9. The molecule has 0 amide bonds. The van der Waals surface area contributed by atoms with Gasteiger partial charge in [0.1, 0.15) is 36.6 Å². The first-order valence-corrected chi connectivity index (χ1v) is 21.0. The number of carboxylic acid groups (broad SMARTS) is 3. The van der Waals surface area contributed by atoms with Crippen molar-refractivity contribution in [3.05, 3.63) is 11.6 Å². The van der Waals surface area contributed by atoms with Crippen LogP contribution >= 0.6 is 0 Å². The Kier molecular flexibility index (Phi) is 17.8. The van der Waals surface area contributed by atoms with Crippen LogP contribution in [-0.4, -0.2) is 116 Å². The van der Waals surface area contributed by atoms with Gasteiger partial charge in [-0.2, -0.15) is 0 Å². The summed E-state index contributed by atoms with van der Waals surface area (Å²) >= 11 is 0. The maximum atomic E-state index is 14.8. The molecule has 19 atom stereocenters. The van der Waals surface area contributed by atoms with E-state index in [2.05, 4.69) is 27.7 Å². The van der Waals surface area contributed by atoms with E-state index >= 15 is 0 Å². The van der Waals surface area contributed by atoms with Crippen molar-refractivity contribution < 1.29 is 168 Å². The molecule has 1 aliphatic heterocycles. The van der Waals surface area contributed by atoms with Gasteiger partial charge in [0.05, 0.1) is 24.3 Å². The van der Waals surface area contributed by atoms with Crippen molar-refractivity contribution in [1.82, 2.24) is 0 Å². The molecule has 334 valence electrons. The van der Waals surface area contributed by atoms with E-state index in [-0.39, 0.29) is 129 Å². The summed E-state index contributed by atoms with van der Waals surface area (Å²) in [6.45, 7) is 14.7. The first kappa shape index (κ1) is 56.8. The number of hydrogen-bond acceptors (Lipinski definition) is 15. The Balaban J connectivity index is 0.00000256. The summed E-state index contributed by atoms with van der Waals surface area (Å²) in [4.78, 5) is 51.1. The second-order valence-electron chi connectivity index (χ2n) is 21.0. The molecule has 0 aromatic heterocycles. The molecule has 0 aromatic carbocycles. The average molecular weight is 905 g/mol. The van der Waals surface area contributed by atoms with Crippen LogP contribution < -0.4 is 104 Å². The summed E-state index contributed by atoms with van der Waals surface area (Å²) in [6, 6.07) is 0. The molecule has 7 aliphatic rings. The van der Waals surface area contributed by atoms with Crippen LogP contribution in [-0.2, 0) is 33.4 Å². The molecule has 0 bridgehead atoms. The van der Waals surface area contributed by atoms with E-state index < -0.39 is 113 Å². The zero-order valence-corrected chi connectivity index (χ0v) is 44.0. The number of aliphatic hydroxyl groups is 5. The van der Waals surface area contributed by atoms with Gasteiger partial charge in [-0.25, -0.2) is 0 Å². The van der Waals surface area contributed by atoms with Gasteiger partial charge in [0.2, 0.25) is 0 Å². The minimum atomic E-state index is -2.07. The molecule has 0 unspecified atom stereocenters. The maximum Gasteiger partial charge on any atom is 1.00 e. The summed E-state index contributed by atoms with van der Waals surface area (Å²) in [5, 5.41) is 89.8. The van der Waals surface area contributed by atoms with Gasteiger partial charge in [-0.1, -0.05) is 54.0 Å². The standard InChI is InChI=1S/C43H64O15.3Na.H2O/c1-38(2)24-8-11-43(7)33(22(44)17-20-21-18-40(4,37(54)55)13-12-39(21,3)14-15-42(20,43)6)41(24,5)10-9-25(38)57-36-32(30(49)29(48)31(58-36)35(52)53)56-23-16-19(34(50)51)26(45)28(47)27(23)46;;;;/h17,19,21,23-33,36,45-49H,8-16,18H2,1-7H3,(H,50,51)(H,52,53)(H,54,55);;;;1H2/q;3*+1;/p-3/t19-,21-,23+,24-,25-,26+,27-,28-,29-,30-,31-,32+,33+,36-,39+,40-,41-,42+,43+;;;;/m0..../s1. The minimum Gasteiger partial charge on any atom is -0.550 e. The summed E-state index contributed by atoms with van der Waals surface area (Å²) in [5.41, 5.74) is -2.01. The van der Waals surface area contributed by atoms with Crippen LogP contribution in [0.1, 0.15) is 113 Å². The topological polar surface area (TPSA) is 298 Å². The number of fused-ring (bicyclic) bond motifs is 7. The van der Waals surface area contributed by atoms with E-state index in [1.807, 2.05) is 19.9 Å². The van der Waals surface area contributed by atoms with E-state index in [4.69, 9.17) is 14.2 Å². The fraction of sp³-hybridized carbons (Fsp3) is 0.860. The number of aliphatic carboxylic acids is 3. The van der Waals surface area contributed by atoms with Crippen LogP contribution in [0.4, 0.5) is 0 Å². The molecule has 0 aromatic rings. The second-order valence-corrected chi connectivity index (χ2v) is 21.0. The third kappa shape index (κ3) is 8.73. The molecule has 6 aliphatic carbocycles. The normalized spacial score (nSPS) is 49.2. The monoisotopic (exact) mass is 904 g/mol. The number of aliphatic hydroxyl groups excluding tert-OH is 5. The molecule has 6 fully saturated rings. The first-order valence-electron chi connectivity index (χ1n) is 21.0. The maximum absolute atomic E-state index is 14.8. The van der Waals surface area contributed by atoms with Gasteiger partial charge in [0.25, 0.3) is 0 Å². The van der Waals surface area contributed by atoms with Gasteiger partial charge >= 0.3 is 88.7 Å². The molecule has 19 heteroatoms. The van der Waals surface area contributed by atoms with Gasteiger partial charge in [-0.15, -0.1) is 0 Å². The van der Waals surface area contributed by atoms with Crippen molar-refractivity contribution in [3.8, 4) is 0 Å². The third-order valence-electron chi connectivity index (χ3n) is 17.7. The van der Waals surface area contributed by atoms with Crippen LogP contribution in [0.2, 0.25) is 0 Å². The number of ether oxygens (including phenoxy) is 3. The van der Waals surface area contributed by atoms with Crippen molar-refractivity contribution in [1.29, 1.82) is 0 Å². The van der Waals surface area contributed by atoms with Gasteiger partial charge < -0.3 is 74.9 Å². The SMILES string of the molecule is CC1(C)[C@@H](O[C@H]2O[C@H](C(=O)[O-])[C@@H](O)[C@H](O)[C@H]2O[C@@H]2C[C@H](C(=O)[O-])[C@@H](O)[C@H](O)[C@H]2O)CC[C@]2(C)[C@H]3C(=O)C=C4[C@@H]5C[C@@](C)(C(=O)[O-])CC[C@]5(C)CC[C@@]4(C)[C@]3(C)CC[C@@H]12.O.[Na+].[Na+].[Na+]. The third-order valence-corrected chi connectivity index (χ3v) is 17.7. The Hall–Kier alpha value is 0.460. The zero-order valence-electron chi connectivity index (χ0n) is 38.0. The number of carbonyl (C=O) groups excluding carboxylic acids is 4. The molecule has 7 rings (SSSR count). The van der Waals surface area contributed by atoms with Crippen molar-refractivity contribution >= 4 is 23.7 Å². The Bertz CT molecular complexity index is 1750. The van der Waals surface area contributed by atoms with Crippen molar-refractivity contribution in [3.63, 3.8) is 0 Å². The van der Waals surface area contributed by atoms with Crippen LogP contribution in [0, 0.1) is 56.2 Å². The summed E-state index contributed by atoms with van der Waals surface area (Å²) in [7, 11) is 0. The number of hydrogen-bond donors (Lipinski definition) is 5. The van der Waals surface area contributed by atoms with E-state index in [1.54, 1.807) is 6.92 Å². The molecule has 1 heterocycles. The predicted octanol–water partition coefficient (Wildman–Crippen LogP) is -10.9. The molecular formula is C43H63Na3O16. The first-order chi connectivity index (χ1) is 26.8. The molecule has 5 saturated carbocycles. The minimum absolute atomic E-state index is 0. The van der Waals surface area contributed by atoms with Crippen molar-refractivity contribution in [2.24, 2.45) is 56.2 Å². The quantitative estimate of drug-likeness (QED) is 0.117. The van der Waals surface area contributed by atoms with Crippen LogP contribution in [0.3, 0.4) is 0 Å². The van der Waals surface area contributed by atoms with E-state index in [9.17, 15) is 60.0 Å². The van der Waals surface area contributed by atoms with E-state index in [1.165, 1.54) is 0 Å². The van der Waals surface area contributed by atoms with Gasteiger partial charge in [-0.05, 0) is 109 Å². The molecule has 7 N–H and O–H groups in total. The average Bonchev–Trinajstić information content (AvgIpc) is 3.13. The van der Waals surface area contributed by atoms with Gasteiger partial charge in [0, 0.05) is 29.2 Å². The number of rotatable bonds is 7. The fourth-order valence-electron chi connectivity index (χ4n) is 13.8. The van der Waals surface area contributed by atoms with Crippen LogP contribution in [0.5, 0.6) is 0 Å². The molecule has 0 radical (unpaired) electrons. The number of ketones is 1. The largest absolute Gasteiger partial charge is 1.00 e. The Labute approximate surface area is 429 Å². The molecule has 16 nitrogen and oxygen atoms in total. The van der Waals surface area contributed by atoms with E-state index in [0.29, 0.717) is 32.1 Å².